The van der Waals surface area contributed by atoms with Gasteiger partial charge >= 0.3 is 10.1 Å². The highest BCUT2D eigenvalue weighted by molar-refractivity contribution is 8.00. The number of oxazole rings is 1. The number of nitrogens with zero attached hydrogens (tertiary/aromatic N) is 3. The van der Waals surface area contributed by atoms with Gasteiger partial charge in [0.1, 0.15) is 18.8 Å². The maximum absolute atomic E-state index is 13.2. The fraction of sp³-hybridized carbons (Fsp3) is 0.121. The van der Waals surface area contributed by atoms with Gasteiger partial charge in [-0.2, -0.15) is 8.42 Å². The van der Waals surface area contributed by atoms with Gasteiger partial charge < -0.3 is 9.32 Å². The van der Waals surface area contributed by atoms with Crippen LogP contribution in [0.1, 0.15) is 11.1 Å². The van der Waals surface area contributed by atoms with Crippen LogP contribution in [0.25, 0.3) is 28.1 Å². The van der Waals surface area contributed by atoms with Crippen LogP contribution in [-0.4, -0.2) is 32.9 Å². The van der Waals surface area contributed by atoms with Gasteiger partial charge in [0.05, 0.1) is 16.0 Å². The van der Waals surface area contributed by atoms with Crippen molar-refractivity contribution in [2.24, 2.45) is 0 Å². The Kier molecular flexibility index (Phi) is 6.36. The molecule has 0 saturated carbocycles. The summed E-state index contributed by atoms with van der Waals surface area (Å²) in [6.45, 7) is 1.91. The van der Waals surface area contributed by atoms with Gasteiger partial charge in [-0.25, -0.2) is 4.98 Å². The number of hydrogen-bond acceptors (Lipinski definition) is 7. The molecule has 3 heterocycles. The van der Waals surface area contributed by atoms with E-state index in [-0.39, 0.29) is 14.9 Å². The number of para-hydroxylation sites is 3. The summed E-state index contributed by atoms with van der Waals surface area (Å²) in [6, 6.07) is 28.5. The number of benzene rings is 4. The molecule has 7 nitrogen and oxygen atoms in total. The lowest BCUT2D eigenvalue weighted by atomic mass is 9.99. The van der Waals surface area contributed by atoms with Gasteiger partial charge in [0, 0.05) is 35.2 Å². The van der Waals surface area contributed by atoms with Gasteiger partial charge in [0.2, 0.25) is 5.89 Å². The number of aromatic nitrogens is 1. The van der Waals surface area contributed by atoms with Crippen LogP contribution in [0.2, 0.25) is 0 Å². The maximum Gasteiger partial charge on any atom is 0.343 e. The SMILES string of the molecule is Cc1ccc(S(=O)(=O)O[N+]2(C)C=CC(=CC3Sc4cc(-c5nc6ccccc6o5)ccc4N3C)c3ccccc32)cc1. The van der Waals surface area contributed by atoms with Crippen molar-refractivity contribution in [3.63, 3.8) is 0 Å². The summed E-state index contributed by atoms with van der Waals surface area (Å²) >= 11 is 1.75. The molecule has 1 aromatic heterocycles. The summed E-state index contributed by atoms with van der Waals surface area (Å²) in [7, 11) is -0.209. The van der Waals surface area contributed by atoms with Crippen LogP contribution in [0.5, 0.6) is 0 Å². The molecule has 0 fully saturated rings. The lowest BCUT2D eigenvalue weighted by Gasteiger charge is -2.31. The van der Waals surface area contributed by atoms with Crippen molar-refractivity contribution in [2.45, 2.75) is 22.1 Å². The highest BCUT2D eigenvalue weighted by Gasteiger charge is 2.39. The molecule has 0 aliphatic carbocycles. The molecular formula is C33H28N3O4S2+. The van der Waals surface area contributed by atoms with Crippen molar-refractivity contribution < 1.29 is 17.1 Å². The Balaban J connectivity index is 1.18. The van der Waals surface area contributed by atoms with E-state index < -0.39 is 10.1 Å². The Hall–Kier alpha value is -4.15. The van der Waals surface area contributed by atoms with Crippen molar-refractivity contribution in [1.29, 1.82) is 0 Å². The van der Waals surface area contributed by atoms with Crippen LogP contribution in [0.4, 0.5) is 11.4 Å². The van der Waals surface area contributed by atoms with Gasteiger partial charge in [-0.3, -0.25) is 0 Å². The Morgan fingerprint density at radius 1 is 1.00 bits per heavy atom. The number of allylic oxidation sites excluding steroid dienone is 2. The minimum absolute atomic E-state index is 0.0284. The van der Waals surface area contributed by atoms with E-state index in [2.05, 4.69) is 35.1 Å². The van der Waals surface area contributed by atoms with Crippen molar-refractivity contribution >= 4 is 49.9 Å². The summed E-state index contributed by atoms with van der Waals surface area (Å²) in [5.74, 6) is 0.603. The van der Waals surface area contributed by atoms with E-state index in [9.17, 15) is 8.42 Å². The zero-order valence-electron chi connectivity index (χ0n) is 23.3. The summed E-state index contributed by atoms with van der Waals surface area (Å²) in [5, 5.41) is 0.0284. The fourth-order valence-corrected chi connectivity index (χ4v) is 7.70. The molecular weight excluding hydrogens is 567 g/mol. The van der Waals surface area contributed by atoms with Crippen molar-refractivity contribution in [1.82, 2.24) is 9.63 Å². The van der Waals surface area contributed by atoms with Gasteiger partial charge in [0.15, 0.2) is 11.3 Å². The van der Waals surface area contributed by atoms with E-state index in [1.54, 1.807) is 49.3 Å². The Labute approximate surface area is 249 Å². The van der Waals surface area contributed by atoms with Crippen LogP contribution < -0.4 is 9.55 Å². The van der Waals surface area contributed by atoms with E-state index in [4.69, 9.17) is 8.70 Å². The van der Waals surface area contributed by atoms with Crippen LogP contribution in [0, 0.1) is 6.92 Å². The molecule has 2 unspecified atom stereocenters. The number of aryl methyl sites for hydroxylation is 1. The third-order valence-corrected chi connectivity index (χ3v) is 10.3. The fourth-order valence-electron chi connectivity index (χ4n) is 5.33. The Morgan fingerprint density at radius 2 is 1.76 bits per heavy atom. The topological polar surface area (TPSA) is 72.6 Å². The maximum atomic E-state index is 13.2. The second kappa shape index (κ2) is 9.99. The predicted octanol–water partition coefficient (Wildman–Crippen LogP) is 7.54. The smallest absolute Gasteiger partial charge is 0.343 e. The molecule has 0 spiro atoms. The quantitative estimate of drug-likeness (QED) is 0.195. The molecule has 0 amide bonds. The zero-order valence-corrected chi connectivity index (χ0v) is 24.9. The minimum Gasteiger partial charge on any atom is -0.436 e. The average Bonchev–Trinajstić information content (AvgIpc) is 3.55. The molecule has 0 radical (unpaired) electrons. The highest BCUT2D eigenvalue weighted by Crippen LogP contribution is 2.47. The molecule has 4 aromatic carbocycles. The number of quaternary nitrogens is 1. The first-order chi connectivity index (χ1) is 20.2. The second-order valence-corrected chi connectivity index (χ2v) is 13.3. The van der Waals surface area contributed by atoms with E-state index in [0.29, 0.717) is 5.89 Å². The number of thioether (sulfide) groups is 1. The van der Waals surface area contributed by atoms with Crippen LogP contribution in [0.3, 0.4) is 0 Å². The van der Waals surface area contributed by atoms with Crippen LogP contribution in [-0.2, 0) is 14.4 Å². The van der Waals surface area contributed by atoms with E-state index >= 15 is 0 Å². The summed E-state index contributed by atoms with van der Waals surface area (Å²) in [5.41, 5.74) is 7.29. The molecule has 42 heavy (non-hydrogen) atoms. The zero-order chi connectivity index (χ0) is 29.1. The summed E-state index contributed by atoms with van der Waals surface area (Å²) in [6.07, 6.45) is 5.92. The lowest BCUT2D eigenvalue weighted by Crippen LogP contribution is -2.43. The van der Waals surface area contributed by atoms with Crippen LogP contribution >= 0.6 is 11.8 Å². The monoisotopic (exact) mass is 594 g/mol. The highest BCUT2D eigenvalue weighted by atomic mass is 32.2. The van der Waals surface area contributed by atoms with Crippen molar-refractivity contribution in [2.75, 3.05) is 19.0 Å². The van der Waals surface area contributed by atoms with Gasteiger partial charge in [-0.1, -0.05) is 58.0 Å². The van der Waals surface area contributed by atoms with Crippen molar-refractivity contribution in [3.8, 4) is 11.5 Å². The molecule has 0 saturated heterocycles. The molecule has 9 heteroatoms. The number of hydroxylamine groups is 2. The largest absolute Gasteiger partial charge is 0.436 e. The third kappa shape index (κ3) is 4.64. The molecule has 0 N–H and O–H groups in total. The molecule has 2 atom stereocenters. The Morgan fingerprint density at radius 3 is 2.57 bits per heavy atom. The first-order valence-corrected chi connectivity index (χ1v) is 15.8. The summed E-state index contributed by atoms with van der Waals surface area (Å²) in [4.78, 5) is 8.16. The molecule has 2 aliphatic rings. The van der Waals surface area contributed by atoms with Gasteiger partial charge in [-0.05, 0) is 67.1 Å². The molecule has 7 rings (SSSR count). The second-order valence-electron chi connectivity index (χ2n) is 10.6. The average molecular weight is 595 g/mol. The first-order valence-electron chi connectivity index (χ1n) is 13.5. The number of rotatable bonds is 5. The predicted molar refractivity (Wildman–Crippen MR) is 168 cm³/mol. The van der Waals surface area contributed by atoms with E-state index in [1.165, 1.54) is 0 Å². The molecule has 2 aliphatic heterocycles. The number of hydrogen-bond donors (Lipinski definition) is 0. The Bertz CT molecular complexity index is 1980. The lowest BCUT2D eigenvalue weighted by molar-refractivity contribution is 0.0359. The first kappa shape index (κ1) is 26.7. The molecule has 0 bridgehead atoms. The van der Waals surface area contributed by atoms with E-state index in [1.807, 2.05) is 67.6 Å². The molecule has 210 valence electrons. The standard InChI is InChI=1S/C33H28N3O4S2/c1-22-12-15-25(16-13-22)42(37,38)40-36(3)19-18-23(26-8-4-6-10-29(26)36)21-32-35(2)28-17-14-24(20-31(28)41-32)33-34-27-9-5-7-11-30(27)39-33/h4-21,32H,1-3H3/q+1. The number of anilines is 1. The minimum atomic E-state index is -4.02. The number of likely N-dealkylation sites (N-methyl/N-ethyl adjacent to an activating group) is 1. The molecule has 5 aromatic rings. The van der Waals surface area contributed by atoms with E-state index in [0.717, 1.165) is 49.6 Å². The van der Waals surface area contributed by atoms with Crippen molar-refractivity contribution in [3.05, 3.63) is 120 Å². The van der Waals surface area contributed by atoms with Gasteiger partial charge in [-0.15, -0.1) is 4.65 Å². The van der Waals surface area contributed by atoms with Crippen LogP contribution in [0.15, 0.2) is 124 Å². The summed E-state index contributed by atoms with van der Waals surface area (Å²) < 4.78 is 38.0. The van der Waals surface area contributed by atoms with Gasteiger partial charge in [0.25, 0.3) is 0 Å². The number of fused-ring (bicyclic) bond motifs is 3. The normalized spacial score (nSPS) is 20.7. The third-order valence-electron chi connectivity index (χ3n) is 7.63.